The molecule has 0 aliphatic rings. The van der Waals surface area contributed by atoms with Crippen molar-refractivity contribution in [1.29, 1.82) is 0 Å². The molecular formula is C28H38O2S. The Morgan fingerprint density at radius 1 is 0.871 bits per heavy atom. The van der Waals surface area contributed by atoms with Gasteiger partial charge in [-0.25, -0.2) is 0 Å². The number of rotatable bonds is 16. The number of allylic oxidation sites excluding steroid dienone is 1. The molecule has 0 spiro atoms. The Labute approximate surface area is 193 Å². The second kappa shape index (κ2) is 15.8. The van der Waals surface area contributed by atoms with Crippen LogP contribution in [-0.4, -0.2) is 18.6 Å². The third-order valence-corrected chi connectivity index (χ3v) is 6.17. The number of benzene rings is 2. The molecular weight excluding hydrogens is 400 g/mol. The molecule has 31 heavy (non-hydrogen) atoms. The van der Waals surface area contributed by atoms with E-state index in [0.29, 0.717) is 12.2 Å². The van der Waals surface area contributed by atoms with Crippen LogP contribution in [0.1, 0.15) is 87.1 Å². The number of hydrogen-bond acceptors (Lipinski definition) is 3. The van der Waals surface area contributed by atoms with E-state index in [9.17, 15) is 4.79 Å². The van der Waals surface area contributed by atoms with Crippen LogP contribution in [0, 0.1) is 0 Å². The lowest BCUT2D eigenvalue weighted by atomic mass is 10.1. The first kappa shape index (κ1) is 25.3. The van der Waals surface area contributed by atoms with Gasteiger partial charge in [0, 0.05) is 10.5 Å². The van der Waals surface area contributed by atoms with Gasteiger partial charge in [0.05, 0.1) is 6.61 Å². The number of ether oxygens (including phenoxy) is 1. The van der Waals surface area contributed by atoms with Crippen molar-refractivity contribution >= 4 is 23.6 Å². The molecule has 0 radical (unpaired) electrons. The molecule has 0 aromatic heterocycles. The minimum absolute atomic E-state index is 0.00155. The van der Waals surface area contributed by atoms with E-state index in [1.165, 1.54) is 62.7 Å². The fraction of sp³-hybridized carbons (Fsp3) is 0.464. The summed E-state index contributed by atoms with van der Waals surface area (Å²) in [6.07, 6.45) is 18.7. The second-order valence-corrected chi connectivity index (χ2v) is 8.91. The first-order valence-electron chi connectivity index (χ1n) is 11.8. The highest BCUT2D eigenvalue weighted by Gasteiger charge is 2.04. The summed E-state index contributed by atoms with van der Waals surface area (Å²) >= 11 is 1.71. The number of carbonyl (C=O) groups is 1. The summed E-state index contributed by atoms with van der Waals surface area (Å²) in [7, 11) is 0. The number of thioether (sulfide) groups is 1. The summed E-state index contributed by atoms with van der Waals surface area (Å²) in [5.41, 5.74) is 1.69. The molecule has 0 N–H and O–H groups in total. The zero-order valence-corrected chi connectivity index (χ0v) is 20.1. The van der Waals surface area contributed by atoms with Crippen molar-refractivity contribution in [2.45, 2.75) is 76.0 Å². The number of hydrogen-bond donors (Lipinski definition) is 0. The second-order valence-electron chi connectivity index (χ2n) is 8.03. The third-order valence-electron chi connectivity index (χ3n) is 5.43. The molecule has 2 aromatic carbocycles. The van der Waals surface area contributed by atoms with Gasteiger partial charge in [0.15, 0.2) is 5.78 Å². The van der Waals surface area contributed by atoms with Crippen molar-refractivity contribution < 1.29 is 9.53 Å². The third kappa shape index (κ3) is 10.7. The van der Waals surface area contributed by atoms with Gasteiger partial charge < -0.3 is 4.74 Å². The Morgan fingerprint density at radius 3 is 2.16 bits per heavy atom. The number of carbonyl (C=O) groups excluding carboxylic acids is 1. The van der Waals surface area contributed by atoms with Crippen molar-refractivity contribution in [2.24, 2.45) is 0 Å². The van der Waals surface area contributed by atoms with Gasteiger partial charge in [-0.15, -0.1) is 11.8 Å². The Hall–Kier alpha value is -2.00. The highest BCUT2D eigenvalue weighted by Crippen LogP contribution is 2.18. The zero-order valence-electron chi connectivity index (χ0n) is 19.3. The maximum atomic E-state index is 12.5. The van der Waals surface area contributed by atoms with Crippen LogP contribution in [0.25, 0.3) is 6.08 Å². The van der Waals surface area contributed by atoms with Crippen LogP contribution in [0.15, 0.2) is 59.5 Å². The van der Waals surface area contributed by atoms with E-state index in [0.717, 1.165) is 17.7 Å². The van der Waals surface area contributed by atoms with E-state index < -0.39 is 0 Å². The lowest BCUT2D eigenvalue weighted by Crippen LogP contribution is -1.99. The molecule has 0 saturated heterocycles. The Balaban J connectivity index is 1.65. The van der Waals surface area contributed by atoms with Gasteiger partial charge >= 0.3 is 0 Å². The van der Waals surface area contributed by atoms with Crippen LogP contribution in [0.2, 0.25) is 0 Å². The normalized spacial score (nSPS) is 11.2. The predicted octanol–water partition coefficient (Wildman–Crippen LogP) is 8.60. The number of ketones is 1. The van der Waals surface area contributed by atoms with Crippen LogP contribution >= 0.6 is 11.8 Å². The smallest absolute Gasteiger partial charge is 0.185 e. The number of unbranched alkanes of at least 4 members (excludes halogenated alkanes) is 9. The van der Waals surface area contributed by atoms with E-state index in [1.54, 1.807) is 17.8 Å². The largest absolute Gasteiger partial charge is 0.494 e. The summed E-state index contributed by atoms with van der Waals surface area (Å²) in [6, 6.07) is 15.7. The molecule has 2 rings (SSSR count). The maximum Gasteiger partial charge on any atom is 0.185 e. The van der Waals surface area contributed by atoms with Crippen molar-refractivity contribution in [1.82, 2.24) is 0 Å². The van der Waals surface area contributed by atoms with Crippen molar-refractivity contribution in [3.63, 3.8) is 0 Å². The van der Waals surface area contributed by atoms with Crippen molar-refractivity contribution in [3.05, 3.63) is 65.7 Å². The molecule has 2 aromatic rings. The highest BCUT2D eigenvalue weighted by molar-refractivity contribution is 7.98. The fourth-order valence-corrected chi connectivity index (χ4v) is 3.91. The standard InChI is InChI=1S/C28H38O2S/c1-3-4-5-6-7-8-9-10-11-12-22-30-26-15-13-14-25(23-26)28(29)21-18-24-16-19-27(31-2)20-17-24/h13-21,23H,3-12,22H2,1-2H3/b21-18+. The van der Waals surface area contributed by atoms with Crippen LogP contribution in [0.4, 0.5) is 0 Å². The first-order valence-corrected chi connectivity index (χ1v) is 13.0. The maximum absolute atomic E-state index is 12.5. The molecule has 0 heterocycles. The summed E-state index contributed by atoms with van der Waals surface area (Å²) in [5.74, 6) is 0.776. The molecule has 0 amide bonds. The molecule has 0 aliphatic carbocycles. The minimum Gasteiger partial charge on any atom is -0.494 e. The molecule has 2 nitrogen and oxygen atoms in total. The monoisotopic (exact) mass is 438 g/mol. The molecule has 0 aliphatic heterocycles. The summed E-state index contributed by atoms with van der Waals surface area (Å²) in [6.45, 7) is 2.98. The molecule has 0 unspecified atom stereocenters. The van der Waals surface area contributed by atoms with E-state index >= 15 is 0 Å². The average Bonchev–Trinajstić information content (AvgIpc) is 2.81. The quantitative estimate of drug-likeness (QED) is 0.114. The molecule has 0 atom stereocenters. The Kier molecular flexibility index (Phi) is 12.8. The van der Waals surface area contributed by atoms with Gasteiger partial charge in [-0.2, -0.15) is 0 Å². The van der Waals surface area contributed by atoms with Gasteiger partial charge in [0.2, 0.25) is 0 Å². The molecule has 168 valence electrons. The van der Waals surface area contributed by atoms with E-state index in [1.807, 2.05) is 42.5 Å². The van der Waals surface area contributed by atoms with Crippen LogP contribution in [-0.2, 0) is 0 Å². The van der Waals surface area contributed by atoms with Crippen LogP contribution < -0.4 is 4.74 Å². The Morgan fingerprint density at radius 2 is 1.52 bits per heavy atom. The summed E-state index contributed by atoms with van der Waals surface area (Å²) in [5, 5.41) is 0. The van der Waals surface area contributed by atoms with Crippen LogP contribution in [0.3, 0.4) is 0 Å². The SMILES string of the molecule is CCCCCCCCCCCCOc1cccc(C(=O)/C=C/c2ccc(SC)cc2)c1. The van der Waals surface area contributed by atoms with Gasteiger partial charge in [-0.05, 0) is 48.6 Å². The minimum atomic E-state index is -0.00155. The van der Waals surface area contributed by atoms with Gasteiger partial charge in [-0.1, -0.05) is 95.1 Å². The zero-order chi connectivity index (χ0) is 22.2. The topological polar surface area (TPSA) is 26.3 Å². The fourth-order valence-electron chi connectivity index (χ4n) is 3.50. The van der Waals surface area contributed by atoms with E-state index in [4.69, 9.17) is 4.74 Å². The molecule has 0 fully saturated rings. The summed E-state index contributed by atoms with van der Waals surface area (Å²) < 4.78 is 5.88. The first-order chi connectivity index (χ1) is 15.2. The highest BCUT2D eigenvalue weighted by atomic mass is 32.2. The van der Waals surface area contributed by atoms with Crippen molar-refractivity contribution in [3.8, 4) is 5.75 Å². The lowest BCUT2D eigenvalue weighted by molar-refractivity contribution is 0.104. The molecule has 0 saturated carbocycles. The summed E-state index contributed by atoms with van der Waals surface area (Å²) in [4.78, 5) is 13.7. The van der Waals surface area contributed by atoms with Crippen molar-refractivity contribution in [2.75, 3.05) is 12.9 Å². The van der Waals surface area contributed by atoms with Crippen LogP contribution in [0.5, 0.6) is 5.75 Å². The molecule has 3 heteroatoms. The average molecular weight is 439 g/mol. The van der Waals surface area contributed by atoms with E-state index in [2.05, 4.69) is 25.3 Å². The van der Waals surface area contributed by atoms with Gasteiger partial charge in [-0.3, -0.25) is 4.79 Å². The lowest BCUT2D eigenvalue weighted by Gasteiger charge is -2.07. The van der Waals surface area contributed by atoms with E-state index in [-0.39, 0.29) is 5.78 Å². The molecule has 0 bridgehead atoms. The Bertz CT molecular complexity index is 780. The van der Waals surface area contributed by atoms with Gasteiger partial charge in [0.1, 0.15) is 5.75 Å². The predicted molar refractivity (Wildman–Crippen MR) is 135 cm³/mol. The van der Waals surface area contributed by atoms with Gasteiger partial charge in [0.25, 0.3) is 0 Å².